The van der Waals surface area contributed by atoms with Gasteiger partial charge in [0.05, 0.1) is 11.1 Å². The third-order valence-corrected chi connectivity index (χ3v) is 3.00. The summed E-state index contributed by atoms with van der Waals surface area (Å²) in [6.45, 7) is 0. The third kappa shape index (κ3) is 2.76. The lowest BCUT2D eigenvalue weighted by Gasteiger charge is -2.03. The van der Waals surface area contributed by atoms with Crippen LogP contribution in [0.2, 0.25) is 0 Å². The van der Waals surface area contributed by atoms with Gasteiger partial charge in [-0.25, -0.2) is 4.98 Å². The van der Waals surface area contributed by atoms with E-state index in [2.05, 4.69) is 4.98 Å². The molecule has 0 saturated heterocycles. The Balaban J connectivity index is 2.14. The summed E-state index contributed by atoms with van der Waals surface area (Å²) < 4.78 is 5.05. The molecule has 0 aliphatic heterocycles. The standard InChI is InChI=1S/C10H9N3O3S/c11-9-2-1-8(13(14)15)5-7(9)6-17-10-12-3-4-16-10/h1-5H,6,11H2. The highest BCUT2D eigenvalue weighted by atomic mass is 32.2. The summed E-state index contributed by atoms with van der Waals surface area (Å²) in [5.41, 5.74) is 6.99. The second-order valence-electron chi connectivity index (χ2n) is 3.23. The van der Waals surface area contributed by atoms with Gasteiger partial charge in [-0.1, -0.05) is 11.8 Å². The number of hydrogen-bond donors (Lipinski definition) is 1. The zero-order valence-electron chi connectivity index (χ0n) is 8.70. The monoisotopic (exact) mass is 251 g/mol. The number of rotatable bonds is 4. The second-order valence-corrected chi connectivity index (χ2v) is 4.15. The molecular weight excluding hydrogens is 242 g/mol. The van der Waals surface area contributed by atoms with Crippen LogP contribution in [-0.4, -0.2) is 9.91 Å². The van der Waals surface area contributed by atoms with Crippen LogP contribution in [0.25, 0.3) is 0 Å². The fourth-order valence-corrected chi connectivity index (χ4v) is 2.04. The van der Waals surface area contributed by atoms with E-state index in [1.165, 1.54) is 36.2 Å². The summed E-state index contributed by atoms with van der Waals surface area (Å²) in [7, 11) is 0. The lowest BCUT2D eigenvalue weighted by molar-refractivity contribution is -0.384. The number of oxazole rings is 1. The van der Waals surface area contributed by atoms with Gasteiger partial charge in [-0.05, 0) is 11.6 Å². The highest BCUT2D eigenvalue weighted by molar-refractivity contribution is 7.98. The second kappa shape index (κ2) is 4.88. The Labute approximate surface area is 101 Å². The van der Waals surface area contributed by atoms with E-state index in [1.54, 1.807) is 6.20 Å². The minimum atomic E-state index is -0.446. The van der Waals surface area contributed by atoms with Crippen LogP contribution in [0.3, 0.4) is 0 Å². The first-order valence-electron chi connectivity index (χ1n) is 4.72. The molecule has 1 aromatic heterocycles. The van der Waals surface area contributed by atoms with Crippen molar-refractivity contribution in [1.29, 1.82) is 0 Å². The molecule has 2 aromatic rings. The molecule has 0 fully saturated rings. The van der Waals surface area contributed by atoms with Gasteiger partial charge in [0.2, 0.25) is 0 Å². The number of nitrogens with two attached hydrogens (primary N) is 1. The topological polar surface area (TPSA) is 95.2 Å². The van der Waals surface area contributed by atoms with Crippen molar-refractivity contribution in [3.05, 3.63) is 46.3 Å². The van der Waals surface area contributed by atoms with Crippen molar-refractivity contribution in [3.8, 4) is 0 Å². The number of nitro groups is 1. The van der Waals surface area contributed by atoms with Crippen LogP contribution in [0, 0.1) is 10.1 Å². The number of nitro benzene ring substituents is 1. The number of nitrogens with zero attached hydrogens (tertiary/aromatic N) is 2. The number of thioether (sulfide) groups is 1. The fourth-order valence-electron chi connectivity index (χ4n) is 1.25. The van der Waals surface area contributed by atoms with E-state index in [0.717, 1.165) is 0 Å². The molecule has 0 radical (unpaired) electrons. The lowest BCUT2D eigenvalue weighted by Crippen LogP contribution is -1.95. The van der Waals surface area contributed by atoms with Gasteiger partial charge in [0.1, 0.15) is 6.26 Å². The maximum Gasteiger partial charge on any atom is 0.269 e. The normalized spacial score (nSPS) is 10.4. The van der Waals surface area contributed by atoms with Crippen molar-refractivity contribution >= 4 is 23.1 Å². The van der Waals surface area contributed by atoms with E-state index in [4.69, 9.17) is 10.2 Å². The van der Waals surface area contributed by atoms with E-state index in [0.29, 0.717) is 22.2 Å². The van der Waals surface area contributed by atoms with Crippen LogP contribution >= 0.6 is 11.8 Å². The van der Waals surface area contributed by atoms with Crippen LogP contribution in [0.1, 0.15) is 5.56 Å². The van der Waals surface area contributed by atoms with Gasteiger partial charge >= 0.3 is 0 Å². The molecule has 0 bridgehead atoms. The first kappa shape index (κ1) is 11.5. The molecule has 17 heavy (non-hydrogen) atoms. The van der Waals surface area contributed by atoms with Crippen LogP contribution < -0.4 is 5.73 Å². The Kier molecular flexibility index (Phi) is 3.29. The van der Waals surface area contributed by atoms with Crippen LogP contribution in [0.5, 0.6) is 0 Å². The van der Waals surface area contributed by atoms with E-state index in [-0.39, 0.29) is 5.69 Å². The Morgan fingerprint density at radius 1 is 1.53 bits per heavy atom. The number of anilines is 1. The molecule has 0 saturated carbocycles. The maximum absolute atomic E-state index is 10.6. The molecule has 1 heterocycles. The van der Waals surface area contributed by atoms with Crippen LogP contribution in [0.15, 0.2) is 40.3 Å². The summed E-state index contributed by atoms with van der Waals surface area (Å²) in [4.78, 5) is 14.1. The van der Waals surface area contributed by atoms with Crippen molar-refractivity contribution in [2.24, 2.45) is 0 Å². The summed E-state index contributed by atoms with van der Waals surface area (Å²) in [5, 5.41) is 11.1. The van der Waals surface area contributed by atoms with E-state index in [1.807, 2.05) is 0 Å². The first-order valence-corrected chi connectivity index (χ1v) is 5.70. The Morgan fingerprint density at radius 3 is 3.00 bits per heavy atom. The fraction of sp³-hybridized carbons (Fsp3) is 0.100. The lowest BCUT2D eigenvalue weighted by atomic mass is 10.2. The first-order chi connectivity index (χ1) is 8.16. The van der Waals surface area contributed by atoms with E-state index in [9.17, 15) is 10.1 Å². The average Bonchev–Trinajstić information content (AvgIpc) is 2.80. The number of aromatic nitrogens is 1. The summed E-state index contributed by atoms with van der Waals surface area (Å²) in [6, 6.07) is 4.38. The predicted molar refractivity (Wildman–Crippen MR) is 63.6 cm³/mol. The van der Waals surface area contributed by atoms with Gasteiger partial charge < -0.3 is 10.2 Å². The van der Waals surface area contributed by atoms with Gasteiger partial charge in [0.25, 0.3) is 10.9 Å². The molecule has 6 nitrogen and oxygen atoms in total. The molecule has 88 valence electrons. The third-order valence-electron chi connectivity index (χ3n) is 2.10. The molecule has 0 amide bonds. The molecule has 0 aliphatic carbocycles. The molecule has 0 spiro atoms. The molecule has 0 atom stereocenters. The Bertz CT molecular complexity index is 528. The molecule has 0 unspecified atom stereocenters. The van der Waals surface area contributed by atoms with Crippen molar-refractivity contribution < 1.29 is 9.34 Å². The maximum atomic E-state index is 10.6. The van der Waals surface area contributed by atoms with Crippen molar-refractivity contribution in [2.45, 2.75) is 11.0 Å². The molecular formula is C10H9N3O3S. The van der Waals surface area contributed by atoms with Crippen molar-refractivity contribution in [3.63, 3.8) is 0 Å². The van der Waals surface area contributed by atoms with Gasteiger partial charge in [0.15, 0.2) is 0 Å². The smallest absolute Gasteiger partial charge is 0.269 e. The van der Waals surface area contributed by atoms with E-state index < -0.39 is 4.92 Å². The Morgan fingerprint density at radius 2 is 2.35 bits per heavy atom. The largest absolute Gasteiger partial charge is 0.440 e. The zero-order valence-corrected chi connectivity index (χ0v) is 9.52. The summed E-state index contributed by atoms with van der Waals surface area (Å²) >= 11 is 1.33. The average molecular weight is 251 g/mol. The number of benzene rings is 1. The van der Waals surface area contributed by atoms with Crippen LogP contribution in [0.4, 0.5) is 11.4 Å². The minimum Gasteiger partial charge on any atom is -0.440 e. The van der Waals surface area contributed by atoms with Crippen LogP contribution in [-0.2, 0) is 5.75 Å². The summed E-state index contributed by atoms with van der Waals surface area (Å²) in [5.74, 6) is 0.480. The summed E-state index contributed by atoms with van der Waals surface area (Å²) in [6.07, 6.45) is 3.01. The molecule has 7 heteroatoms. The minimum absolute atomic E-state index is 0.0298. The highest BCUT2D eigenvalue weighted by Crippen LogP contribution is 2.27. The number of hydrogen-bond acceptors (Lipinski definition) is 6. The SMILES string of the molecule is Nc1ccc([N+](=O)[O-])cc1CSc1ncco1. The molecule has 0 aliphatic rings. The molecule has 1 aromatic carbocycles. The van der Waals surface area contributed by atoms with Gasteiger partial charge in [0, 0.05) is 23.6 Å². The number of non-ortho nitro benzene ring substituents is 1. The van der Waals surface area contributed by atoms with Crippen molar-refractivity contribution in [2.75, 3.05) is 5.73 Å². The number of nitrogen functional groups attached to an aromatic ring is 1. The van der Waals surface area contributed by atoms with Gasteiger partial charge in [-0.15, -0.1) is 0 Å². The quantitative estimate of drug-likeness (QED) is 0.388. The van der Waals surface area contributed by atoms with Gasteiger partial charge in [-0.2, -0.15) is 0 Å². The van der Waals surface area contributed by atoms with E-state index >= 15 is 0 Å². The predicted octanol–water partition coefficient (Wildman–Crippen LogP) is 2.46. The zero-order chi connectivity index (χ0) is 12.3. The molecule has 2 N–H and O–H groups in total. The molecule has 2 rings (SSSR count). The highest BCUT2D eigenvalue weighted by Gasteiger charge is 2.10. The van der Waals surface area contributed by atoms with Gasteiger partial charge in [-0.3, -0.25) is 10.1 Å². The Hall–Kier alpha value is -2.02. The van der Waals surface area contributed by atoms with Crippen molar-refractivity contribution in [1.82, 2.24) is 4.98 Å².